The number of carbonyl (C=O) groups is 1. The summed E-state index contributed by atoms with van der Waals surface area (Å²) >= 11 is 1.21. The van der Waals surface area contributed by atoms with E-state index in [1.165, 1.54) is 16.9 Å². The van der Waals surface area contributed by atoms with Crippen molar-refractivity contribution in [3.63, 3.8) is 0 Å². The number of aryl methyl sites for hydroxylation is 1. The van der Waals surface area contributed by atoms with Gasteiger partial charge in [-0.3, -0.25) is 14.6 Å². The number of amides is 1. The monoisotopic (exact) mass is 439 g/mol. The number of carbonyl (C=O) groups excluding carboxylic acids is 1. The van der Waals surface area contributed by atoms with Crippen LogP contribution in [-0.2, 0) is 22.9 Å². The number of H-pyrrole nitrogens is 1. The van der Waals surface area contributed by atoms with Crippen LogP contribution in [0.25, 0.3) is 21.5 Å². The Kier molecular flexibility index (Phi) is 4.33. The van der Waals surface area contributed by atoms with Crippen molar-refractivity contribution in [3.05, 3.63) is 59.3 Å². The Morgan fingerprint density at radius 3 is 2.83 bits per heavy atom. The van der Waals surface area contributed by atoms with Crippen LogP contribution >= 0.6 is 11.3 Å². The van der Waals surface area contributed by atoms with E-state index in [2.05, 4.69) is 31.3 Å². The lowest BCUT2D eigenvalue weighted by Gasteiger charge is -2.15. The molecular formula is C20H17N5O3S2. The number of fused-ring (bicyclic) bond motifs is 4. The average Bonchev–Trinajstić information content (AvgIpc) is 3.29. The third-order valence-corrected chi connectivity index (χ3v) is 6.56. The van der Waals surface area contributed by atoms with Crippen molar-refractivity contribution in [2.75, 3.05) is 16.3 Å². The molecule has 0 bridgehead atoms. The van der Waals surface area contributed by atoms with Crippen molar-refractivity contribution in [2.45, 2.75) is 12.8 Å². The van der Waals surface area contributed by atoms with E-state index in [-0.39, 0.29) is 11.0 Å². The SMILES string of the molecule is CS(=O)(=O)Nc1nc2ccc(NC(=O)c3[nH]nc4c3CCc3ccccc3-4)cc2s1. The Morgan fingerprint density at radius 2 is 2.00 bits per heavy atom. The van der Waals surface area contributed by atoms with E-state index in [0.717, 1.165) is 40.6 Å². The first kappa shape index (κ1) is 18.8. The minimum absolute atomic E-state index is 0.263. The summed E-state index contributed by atoms with van der Waals surface area (Å²) in [4.78, 5) is 17.1. The predicted octanol–water partition coefficient (Wildman–Crippen LogP) is 3.41. The summed E-state index contributed by atoms with van der Waals surface area (Å²) in [5, 5.41) is 10.5. The van der Waals surface area contributed by atoms with Crippen LogP contribution in [0.15, 0.2) is 42.5 Å². The second kappa shape index (κ2) is 6.92. The van der Waals surface area contributed by atoms with Crippen LogP contribution in [-0.4, -0.2) is 35.8 Å². The maximum Gasteiger partial charge on any atom is 0.273 e. The number of aromatic nitrogens is 3. The van der Waals surface area contributed by atoms with Crippen molar-refractivity contribution >= 4 is 48.3 Å². The van der Waals surface area contributed by atoms with Crippen LogP contribution in [0, 0.1) is 0 Å². The zero-order chi connectivity index (χ0) is 20.9. The summed E-state index contributed by atoms with van der Waals surface area (Å²) in [6.07, 6.45) is 2.69. The zero-order valence-electron chi connectivity index (χ0n) is 15.9. The number of anilines is 2. The molecule has 0 fully saturated rings. The highest BCUT2D eigenvalue weighted by atomic mass is 32.2. The largest absolute Gasteiger partial charge is 0.321 e. The Balaban J connectivity index is 1.41. The van der Waals surface area contributed by atoms with Crippen LogP contribution in [0.3, 0.4) is 0 Å². The lowest BCUT2D eigenvalue weighted by Crippen LogP contribution is -2.15. The molecule has 0 spiro atoms. The Labute approximate surface area is 176 Å². The number of thiazole rings is 1. The van der Waals surface area contributed by atoms with E-state index in [1.54, 1.807) is 18.2 Å². The van der Waals surface area contributed by atoms with E-state index in [0.29, 0.717) is 16.9 Å². The molecule has 0 aliphatic heterocycles. The molecule has 30 heavy (non-hydrogen) atoms. The molecule has 4 aromatic rings. The molecule has 10 heteroatoms. The van der Waals surface area contributed by atoms with Crippen molar-refractivity contribution in [1.29, 1.82) is 0 Å². The molecule has 1 aliphatic rings. The van der Waals surface area contributed by atoms with Gasteiger partial charge in [-0.15, -0.1) is 0 Å². The highest BCUT2D eigenvalue weighted by molar-refractivity contribution is 7.92. The highest BCUT2D eigenvalue weighted by Crippen LogP contribution is 2.34. The van der Waals surface area contributed by atoms with Gasteiger partial charge < -0.3 is 5.32 Å². The lowest BCUT2D eigenvalue weighted by atomic mass is 9.89. The standard InChI is InChI=1S/C20H17N5O3S2/c1-30(27,28)25-20-22-15-9-7-12(10-16(15)29-20)21-19(26)18-14-8-6-11-4-2-3-5-13(11)17(14)23-24-18/h2-5,7,9-10H,6,8H2,1H3,(H,21,26)(H,22,25)(H,23,24). The number of nitrogens with one attached hydrogen (secondary N) is 3. The number of hydrogen-bond acceptors (Lipinski definition) is 6. The number of benzene rings is 2. The van der Waals surface area contributed by atoms with Crippen LogP contribution < -0.4 is 10.0 Å². The number of sulfonamides is 1. The van der Waals surface area contributed by atoms with Crippen LogP contribution in [0.2, 0.25) is 0 Å². The number of aromatic amines is 1. The predicted molar refractivity (Wildman–Crippen MR) is 117 cm³/mol. The molecule has 0 saturated heterocycles. The Hall–Kier alpha value is -3.24. The molecule has 0 unspecified atom stereocenters. The van der Waals surface area contributed by atoms with Gasteiger partial charge in [0, 0.05) is 16.8 Å². The summed E-state index contributed by atoms with van der Waals surface area (Å²) in [6.45, 7) is 0. The van der Waals surface area contributed by atoms with Gasteiger partial charge in [-0.2, -0.15) is 5.10 Å². The molecule has 2 heterocycles. The van der Waals surface area contributed by atoms with Gasteiger partial charge >= 0.3 is 0 Å². The first-order valence-electron chi connectivity index (χ1n) is 9.22. The molecule has 2 aromatic carbocycles. The molecule has 0 atom stereocenters. The van der Waals surface area contributed by atoms with Gasteiger partial charge in [0.05, 0.1) is 22.2 Å². The fourth-order valence-corrected chi connectivity index (χ4v) is 5.39. The lowest BCUT2D eigenvalue weighted by molar-refractivity contribution is 0.102. The molecule has 0 saturated carbocycles. The molecule has 0 radical (unpaired) electrons. The van der Waals surface area contributed by atoms with Gasteiger partial charge in [0.25, 0.3) is 5.91 Å². The van der Waals surface area contributed by atoms with Crippen LogP contribution in [0.5, 0.6) is 0 Å². The van der Waals surface area contributed by atoms with Crippen molar-refractivity contribution in [2.24, 2.45) is 0 Å². The molecule has 2 aromatic heterocycles. The van der Waals surface area contributed by atoms with E-state index < -0.39 is 10.0 Å². The van der Waals surface area contributed by atoms with Crippen LogP contribution in [0.1, 0.15) is 21.6 Å². The van der Waals surface area contributed by atoms with Gasteiger partial charge in [0.2, 0.25) is 10.0 Å². The minimum Gasteiger partial charge on any atom is -0.321 e. The zero-order valence-corrected chi connectivity index (χ0v) is 17.5. The maximum absolute atomic E-state index is 12.9. The third-order valence-electron chi connectivity index (χ3n) is 4.93. The first-order chi connectivity index (χ1) is 14.4. The molecule has 5 rings (SSSR count). The minimum atomic E-state index is -3.40. The van der Waals surface area contributed by atoms with E-state index in [1.807, 2.05) is 18.2 Å². The Bertz CT molecular complexity index is 1410. The van der Waals surface area contributed by atoms with Crippen molar-refractivity contribution in [1.82, 2.24) is 15.2 Å². The van der Waals surface area contributed by atoms with Gasteiger partial charge in [-0.25, -0.2) is 13.4 Å². The smallest absolute Gasteiger partial charge is 0.273 e. The fraction of sp³-hybridized carbons (Fsp3) is 0.150. The Morgan fingerprint density at radius 1 is 1.17 bits per heavy atom. The molecular weight excluding hydrogens is 422 g/mol. The average molecular weight is 440 g/mol. The third kappa shape index (κ3) is 3.44. The van der Waals surface area contributed by atoms with Gasteiger partial charge in [0.1, 0.15) is 5.69 Å². The quantitative estimate of drug-likeness (QED) is 0.451. The van der Waals surface area contributed by atoms with Crippen molar-refractivity contribution < 1.29 is 13.2 Å². The van der Waals surface area contributed by atoms with Gasteiger partial charge in [0.15, 0.2) is 5.13 Å². The second-order valence-electron chi connectivity index (χ2n) is 7.11. The first-order valence-corrected chi connectivity index (χ1v) is 11.9. The highest BCUT2D eigenvalue weighted by Gasteiger charge is 2.25. The van der Waals surface area contributed by atoms with Gasteiger partial charge in [-0.05, 0) is 36.6 Å². The number of rotatable bonds is 4. The summed E-state index contributed by atoms with van der Waals surface area (Å²) in [7, 11) is -3.40. The molecule has 3 N–H and O–H groups in total. The summed E-state index contributed by atoms with van der Waals surface area (Å²) in [5.41, 5.74) is 5.76. The molecule has 1 amide bonds. The summed E-state index contributed by atoms with van der Waals surface area (Å²) in [5.74, 6) is -0.263. The fourth-order valence-electron chi connectivity index (χ4n) is 3.65. The molecule has 152 valence electrons. The summed E-state index contributed by atoms with van der Waals surface area (Å²) < 4.78 is 25.9. The topological polar surface area (TPSA) is 117 Å². The van der Waals surface area contributed by atoms with E-state index >= 15 is 0 Å². The van der Waals surface area contributed by atoms with Crippen LogP contribution in [0.4, 0.5) is 10.8 Å². The number of nitrogens with zero attached hydrogens (tertiary/aromatic N) is 2. The molecule has 8 nitrogen and oxygen atoms in total. The second-order valence-corrected chi connectivity index (χ2v) is 9.89. The maximum atomic E-state index is 12.9. The summed E-state index contributed by atoms with van der Waals surface area (Å²) in [6, 6.07) is 13.3. The molecule has 1 aliphatic carbocycles. The van der Waals surface area contributed by atoms with Crippen molar-refractivity contribution in [3.8, 4) is 11.3 Å². The normalized spacial score (nSPS) is 13.0. The number of hydrogen-bond donors (Lipinski definition) is 3. The van der Waals surface area contributed by atoms with E-state index in [4.69, 9.17) is 0 Å². The van der Waals surface area contributed by atoms with E-state index in [9.17, 15) is 13.2 Å². The van der Waals surface area contributed by atoms with Gasteiger partial charge in [-0.1, -0.05) is 35.6 Å².